The Bertz CT molecular complexity index is 612. The number of hydrogen-bond donors (Lipinski definition) is 1. The molecule has 1 aromatic rings. The lowest BCUT2D eigenvalue weighted by Crippen LogP contribution is -2.45. The van der Waals surface area contributed by atoms with Crippen molar-refractivity contribution in [2.45, 2.75) is 45.6 Å². The molecule has 1 atom stereocenters. The molecule has 1 saturated heterocycles. The third-order valence-electron chi connectivity index (χ3n) is 5.27. The molecule has 150 valence electrons. The van der Waals surface area contributed by atoms with Crippen molar-refractivity contribution in [1.82, 2.24) is 15.1 Å². The number of amides is 2. The van der Waals surface area contributed by atoms with Gasteiger partial charge in [-0.2, -0.15) is 0 Å². The average molecular weight is 378 g/mol. The maximum Gasteiger partial charge on any atom is 0.234 e. The third kappa shape index (κ3) is 6.61. The summed E-state index contributed by atoms with van der Waals surface area (Å²) in [5.41, 5.74) is 0.879. The molecular weight excluding hydrogens is 345 g/mol. The Kier molecular flexibility index (Phi) is 8.23. The van der Waals surface area contributed by atoms with Gasteiger partial charge in [0.2, 0.25) is 11.8 Å². The van der Waals surface area contributed by atoms with E-state index in [-0.39, 0.29) is 29.6 Å². The summed E-state index contributed by atoms with van der Waals surface area (Å²) in [4.78, 5) is 28.7. The summed E-state index contributed by atoms with van der Waals surface area (Å²) in [5, 5.41) is 2.96. The molecule has 0 aliphatic carbocycles. The molecule has 1 unspecified atom stereocenters. The summed E-state index contributed by atoms with van der Waals surface area (Å²) >= 11 is 0. The van der Waals surface area contributed by atoms with Crippen molar-refractivity contribution in [2.75, 3.05) is 33.2 Å². The zero-order valence-electron chi connectivity index (χ0n) is 16.7. The SMILES string of the molecule is CCCCN(C)C(=O)C1CCN(CC(=O)NC(C)c2ccc(F)cc2)CC1. The molecule has 5 nitrogen and oxygen atoms in total. The molecule has 1 aliphatic heterocycles. The minimum absolute atomic E-state index is 0.0448. The highest BCUT2D eigenvalue weighted by atomic mass is 19.1. The first-order valence-corrected chi connectivity index (χ1v) is 9.92. The second kappa shape index (κ2) is 10.4. The van der Waals surface area contributed by atoms with Crippen LogP contribution in [0.2, 0.25) is 0 Å². The zero-order valence-corrected chi connectivity index (χ0v) is 16.7. The lowest BCUT2D eigenvalue weighted by atomic mass is 9.95. The smallest absolute Gasteiger partial charge is 0.234 e. The zero-order chi connectivity index (χ0) is 19.8. The first-order chi connectivity index (χ1) is 12.9. The van der Waals surface area contributed by atoms with Gasteiger partial charge in [-0.15, -0.1) is 0 Å². The Morgan fingerprint density at radius 3 is 2.48 bits per heavy atom. The lowest BCUT2D eigenvalue weighted by molar-refractivity contribution is -0.135. The molecule has 1 heterocycles. The number of carbonyl (C=O) groups is 2. The summed E-state index contributed by atoms with van der Waals surface area (Å²) in [6, 6.07) is 6.01. The molecular formula is C21H32FN3O2. The first kappa shape index (κ1) is 21.4. The van der Waals surface area contributed by atoms with Gasteiger partial charge in [0.25, 0.3) is 0 Å². The maximum atomic E-state index is 13.0. The molecule has 1 aliphatic rings. The van der Waals surface area contributed by atoms with E-state index in [1.807, 2.05) is 18.9 Å². The van der Waals surface area contributed by atoms with Crippen molar-refractivity contribution in [3.05, 3.63) is 35.6 Å². The number of piperidine rings is 1. The van der Waals surface area contributed by atoms with Gasteiger partial charge in [0.05, 0.1) is 12.6 Å². The minimum Gasteiger partial charge on any atom is -0.348 e. The van der Waals surface area contributed by atoms with Gasteiger partial charge < -0.3 is 10.2 Å². The number of likely N-dealkylation sites (tertiary alicyclic amines) is 1. The molecule has 1 aromatic carbocycles. The highest BCUT2D eigenvalue weighted by Gasteiger charge is 2.27. The van der Waals surface area contributed by atoms with Gasteiger partial charge in [-0.05, 0) is 57.0 Å². The van der Waals surface area contributed by atoms with E-state index in [0.29, 0.717) is 6.54 Å². The molecule has 0 radical (unpaired) electrons. The summed E-state index contributed by atoms with van der Waals surface area (Å²) in [6.07, 6.45) is 3.72. The van der Waals surface area contributed by atoms with Crippen molar-refractivity contribution in [1.29, 1.82) is 0 Å². The number of hydrogen-bond acceptors (Lipinski definition) is 3. The molecule has 27 heavy (non-hydrogen) atoms. The Balaban J connectivity index is 1.74. The molecule has 6 heteroatoms. The van der Waals surface area contributed by atoms with Crippen LogP contribution in [0.3, 0.4) is 0 Å². The predicted octanol–water partition coefficient (Wildman–Crippen LogP) is 2.97. The van der Waals surface area contributed by atoms with E-state index in [4.69, 9.17) is 0 Å². The van der Waals surface area contributed by atoms with Gasteiger partial charge in [0, 0.05) is 19.5 Å². The van der Waals surface area contributed by atoms with Crippen molar-refractivity contribution in [3.8, 4) is 0 Å². The van der Waals surface area contributed by atoms with Crippen molar-refractivity contribution >= 4 is 11.8 Å². The number of unbranched alkanes of at least 4 members (excludes halogenated alkanes) is 1. The predicted molar refractivity (Wildman–Crippen MR) is 105 cm³/mol. The second-order valence-electron chi connectivity index (χ2n) is 7.50. The van der Waals surface area contributed by atoms with Crippen LogP contribution in [0.4, 0.5) is 4.39 Å². The van der Waals surface area contributed by atoms with Crippen LogP contribution >= 0.6 is 0 Å². The normalized spacial score (nSPS) is 16.7. The lowest BCUT2D eigenvalue weighted by Gasteiger charge is -2.33. The number of nitrogens with one attached hydrogen (secondary N) is 1. The van der Waals surface area contributed by atoms with Crippen LogP contribution in [0.25, 0.3) is 0 Å². The molecule has 1 fully saturated rings. The minimum atomic E-state index is -0.282. The summed E-state index contributed by atoms with van der Waals surface area (Å²) in [7, 11) is 1.88. The average Bonchev–Trinajstić information content (AvgIpc) is 2.66. The number of halogens is 1. The molecule has 0 saturated carbocycles. The van der Waals surface area contributed by atoms with Gasteiger partial charge >= 0.3 is 0 Å². The van der Waals surface area contributed by atoms with Crippen LogP contribution in [0, 0.1) is 11.7 Å². The van der Waals surface area contributed by atoms with E-state index >= 15 is 0 Å². The van der Waals surface area contributed by atoms with Crippen LogP contribution < -0.4 is 5.32 Å². The first-order valence-electron chi connectivity index (χ1n) is 9.92. The van der Waals surface area contributed by atoms with Crippen LogP contribution in [0.5, 0.6) is 0 Å². The molecule has 0 spiro atoms. The van der Waals surface area contributed by atoms with Gasteiger partial charge in [-0.25, -0.2) is 4.39 Å². The third-order valence-corrected chi connectivity index (χ3v) is 5.27. The van der Waals surface area contributed by atoms with Gasteiger partial charge in [-0.1, -0.05) is 25.5 Å². The molecule has 0 bridgehead atoms. The van der Waals surface area contributed by atoms with E-state index in [1.165, 1.54) is 12.1 Å². The molecule has 0 aromatic heterocycles. The van der Waals surface area contributed by atoms with Gasteiger partial charge in [-0.3, -0.25) is 14.5 Å². The Morgan fingerprint density at radius 2 is 1.89 bits per heavy atom. The summed E-state index contributed by atoms with van der Waals surface area (Å²) < 4.78 is 13.0. The van der Waals surface area contributed by atoms with Crippen LogP contribution in [0.15, 0.2) is 24.3 Å². The van der Waals surface area contributed by atoms with Gasteiger partial charge in [0.15, 0.2) is 0 Å². The number of carbonyl (C=O) groups excluding carboxylic acids is 2. The fourth-order valence-corrected chi connectivity index (χ4v) is 3.48. The molecule has 2 amide bonds. The highest BCUT2D eigenvalue weighted by molar-refractivity contribution is 5.79. The van der Waals surface area contributed by atoms with E-state index in [0.717, 1.165) is 50.9 Å². The topological polar surface area (TPSA) is 52.7 Å². The van der Waals surface area contributed by atoms with Crippen molar-refractivity contribution < 1.29 is 14.0 Å². The fourth-order valence-electron chi connectivity index (χ4n) is 3.48. The van der Waals surface area contributed by atoms with E-state index in [9.17, 15) is 14.0 Å². The van der Waals surface area contributed by atoms with Crippen LogP contribution in [-0.2, 0) is 9.59 Å². The maximum absolute atomic E-state index is 13.0. The summed E-state index contributed by atoms with van der Waals surface area (Å²) in [5.74, 6) is -0.0199. The number of benzene rings is 1. The number of nitrogens with zero attached hydrogens (tertiary/aromatic N) is 2. The fraction of sp³-hybridized carbons (Fsp3) is 0.619. The van der Waals surface area contributed by atoms with Gasteiger partial charge in [0.1, 0.15) is 5.82 Å². The standard InChI is InChI=1S/C21H32FN3O2/c1-4-5-12-24(3)21(27)18-10-13-25(14-11-18)15-20(26)23-16(2)17-6-8-19(22)9-7-17/h6-9,16,18H,4-5,10-15H2,1-3H3,(H,23,26). The van der Waals surface area contributed by atoms with E-state index in [2.05, 4.69) is 17.1 Å². The Hall–Kier alpha value is -1.95. The van der Waals surface area contributed by atoms with Crippen LogP contribution in [-0.4, -0.2) is 54.8 Å². The second-order valence-corrected chi connectivity index (χ2v) is 7.50. The Morgan fingerprint density at radius 1 is 1.26 bits per heavy atom. The van der Waals surface area contributed by atoms with E-state index < -0.39 is 0 Å². The van der Waals surface area contributed by atoms with Crippen molar-refractivity contribution in [3.63, 3.8) is 0 Å². The Labute approximate surface area is 161 Å². The quantitative estimate of drug-likeness (QED) is 0.758. The highest BCUT2D eigenvalue weighted by Crippen LogP contribution is 2.19. The monoisotopic (exact) mass is 377 g/mol. The van der Waals surface area contributed by atoms with Crippen molar-refractivity contribution in [2.24, 2.45) is 5.92 Å². The van der Waals surface area contributed by atoms with E-state index in [1.54, 1.807) is 12.1 Å². The summed E-state index contributed by atoms with van der Waals surface area (Å²) in [6.45, 7) is 6.69. The molecule has 1 N–H and O–H groups in total. The largest absolute Gasteiger partial charge is 0.348 e. The molecule has 2 rings (SSSR count). The van der Waals surface area contributed by atoms with Crippen LogP contribution in [0.1, 0.15) is 51.1 Å². The number of rotatable bonds is 8.